The van der Waals surface area contributed by atoms with Gasteiger partial charge in [-0.05, 0) is 81.1 Å². The van der Waals surface area contributed by atoms with Crippen molar-refractivity contribution in [1.82, 2.24) is 9.13 Å². The molecule has 1 atom stereocenters. The van der Waals surface area contributed by atoms with Crippen LogP contribution in [-0.4, -0.2) is 35.9 Å². The van der Waals surface area contributed by atoms with Crippen LogP contribution in [-0.2, 0) is 9.53 Å². The van der Waals surface area contributed by atoms with Crippen molar-refractivity contribution in [2.24, 2.45) is 4.99 Å². The molecule has 9 heteroatoms. The number of nitrogens with zero attached hydrogens (tertiary/aromatic N) is 3. The number of ether oxygens (including phenoxy) is 3. The van der Waals surface area contributed by atoms with E-state index in [2.05, 4.69) is 56.5 Å². The summed E-state index contributed by atoms with van der Waals surface area (Å²) in [4.78, 5) is 33.7. The normalized spacial score (nSPS) is 14.5. The summed E-state index contributed by atoms with van der Waals surface area (Å²) < 4.78 is 21.1. The Balaban J connectivity index is 1.63. The summed E-state index contributed by atoms with van der Waals surface area (Å²) in [7, 11) is 3.12. The van der Waals surface area contributed by atoms with Gasteiger partial charge in [0, 0.05) is 17.0 Å². The molecule has 0 amide bonds. The van der Waals surface area contributed by atoms with Gasteiger partial charge in [0.05, 0.1) is 48.4 Å². The van der Waals surface area contributed by atoms with Crippen LogP contribution in [0.3, 0.4) is 0 Å². The molecule has 0 saturated carbocycles. The lowest BCUT2D eigenvalue weighted by atomic mass is 9.93. The number of aryl methyl sites for hydroxylation is 3. The minimum Gasteiger partial charge on any atom is -0.493 e. The number of thiazole rings is 1. The van der Waals surface area contributed by atoms with Crippen LogP contribution in [0, 0.1) is 27.7 Å². The van der Waals surface area contributed by atoms with Gasteiger partial charge in [0.1, 0.15) is 0 Å². The van der Waals surface area contributed by atoms with Gasteiger partial charge in [0.2, 0.25) is 0 Å². The molecule has 1 unspecified atom stereocenters. The fourth-order valence-corrected chi connectivity index (χ4v) is 7.35. The van der Waals surface area contributed by atoms with E-state index in [1.54, 1.807) is 37.8 Å². The monoisotopic (exact) mass is 647 g/mol. The van der Waals surface area contributed by atoms with E-state index in [1.807, 2.05) is 42.5 Å². The SMILES string of the molecule is CCOC(=O)C1=C(c2ccccc2)N=c2sc(=Cc3cc(C)n(-c4c(C)cccc4C)c3C)c(=O)n2C1c1ccc(OC)c(OC)c1. The van der Waals surface area contributed by atoms with Crippen LogP contribution in [0.5, 0.6) is 11.5 Å². The Bertz CT molecular complexity index is 2200. The van der Waals surface area contributed by atoms with Crippen molar-refractivity contribution < 1.29 is 19.0 Å². The Morgan fingerprint density at radius 2 is 1.62 bits per heavy atom. The minimum atomic E-state index is -0.829. The molecule has 2 aromatic heterocycles. The van der Waals surface area contributed by atoms with E-state index in [-0.39, 0.29) is 17.7 Å². The molecule has 8 nitrogen and oxygen atoms in total. The molecular weight excluding hydrogens is 611 g/mol. The van der Waals surface area contributed by atoms with Gasteiger partial charge in [-0.2, -0.15) is 0 Å². The summed E-state index contributed by atoms with van der Waals surface area (Å²) >= 11 is 1.30. The number of carbonyl (C=O) groups excluding carboxylic acids is 1. The topological polar surface area (TPSA) is 84.1 Å². The van der Waals surface area contributed by atoms with Crippen molar-refractivity contribution in [3.05, 3.63) is 137 Å². The van der Waals surface area contributed by atoms with E-state index in [0.717, 1.165) is 28.2 Å². The first-order valence-electron chi connectivity index (χ1n) is 15.4. The maximum atomic E-state index is 14.5. The zero-order valence-corrected chi connectivity index (χ0v) is 28.4. The van der Waals surface area contributed by atoms with E-state index < -0.39 is 12.0 Å². The highest BCUT2D eigenvalue weighted by atomic mass is 32.1. The second-order valence-corrected chi connectivity index (χ2v) is 12.5. The first-order valence-corrected chi connectivity index (χ1v) is 16.3. The number of aromatic nitrogens is 2. The third-order valence-electron chi connectivity index (χ3n) is 8.52. The summed E-state index contributed by atoms with van der Waals surface area (Å²) in [5.74, 6) is 0.474. The largest absolute Gasteiger partial charge is 0.493 e. The molecule has 3 heterocycles. The Morgan fingerprint density at radius 3 is 2.28 bits per heavy atom. The molecule has 5 aromatic rings. The number of esters is 1. The molecule has 0 radical (unpaired) electrons. The molecule has 0 fully saturated rings. The highest BCUT2D eigenvalue weighted by Crippen LogP contribution is 2.38. The van der Waals surface area contributed by atoms with E-state index in [1.165, 1.54) is 22.5 Å². The smallest absolute Gasteiger partial charge is 0.338 e. The molecule has 1 aliphatic heterocycles. The zero-order chi connectivity index (χ0) is 33.4. The maximum Gasteiger partial charge on any atom is 0.338 e. The minimum absolute atomic E-state index is 0.170. The predicted molar refractivity (Wildman–Crippen MR) is 185 cm³/mol. The fraction of sp³-hybridized carbons (Fsp3) is 0.237. The number of fused-ring (bicyclic) bond motifs is 1. The molecular formula is C38H37N3O5S. The van der Waals surface area contributed by atoms with E-state index >= 15 is 0 Å². The van der Waals surface area contributed by atoms with Crippen LogP contribution in [0.15, 0.2) is 88.2 Å². The lowest BCUT2D eigenvalue weighted by Crippen LogP contribution is -2.40. The van der Waals surface area contributed by atoms with Gasteiger partial charge in [0.25, 0.3) is 5.56 Å². The summed E-state index contributed by atoms with van der Waals surface area (Å²) in [5, 5.41) is 0. The molecule has 240 valence electrons. The van der Waals surface area contributed by atoms with Gasteiger partial charge in [-0.1, -0.05) is 65.9 Å². The summed E-state index contributed by atoms with van der Waals surface area (Å²) in [6, 6.07) is 22.5. The number of benzene rings is 3. The number of methoxy groups -OCH3 is 2. The maximum absolute atomic E-state index is 14.5. The fourth-order valence-electron chi connectivity index (χ4n) is 6.36. The van der Waals surface area contributed by atoms with Crippen molar-refractivity contribution in [3.63, 3.8) is 0 Å². The van der Waals surface area contributed by atoms with Gasteiger partial charge < -0.3 is 18.8 Å². The Labute approximate surface area is 277 Å². The molecule has 0 bridgehead atoms. The lowest BCUT2D eigenvalue weighted by molar-refractivity contribution is -0.138. The van der Waals surface area contributed by atoms with Crippen LogP contribution < -0.4 is 24.4 Å². The highest BCUT2D eigenvalue weighted by Gasteiger charge is 2.35. The molecule has 3 aromatic carbocycles. The number of hydrogen-bond donors (Lipinski definition) is 0. The van der Waals surface area contributed by atoms with E-state index in [4.69, 9.17) is 19.2 Å². The van der Waals surface area contributed by atoms with Crippen molar-refractivity contribution in [1.29, 1.82) is 0 Å². The van der Waals surface area contributed by atoms with Crippen molar-refractivity contribution in [2.75, 3.05) is 20.8 Å². The van der Waals surface area contributed by atoms with Gasteiger partial charge in [-0.15, -0.1) is 0 Å². The number of para-hydroxylation sites is 1. The van der Waals surface area contributed by atoms with E-state index in [9.17, 15) is 9.59 Å². The molecule has 0 N–H and O–H groups in total. The van der Waals surface area contributed by atoms with Crippen LogP contribution >= 0.6 is 11.3 Å². The predicted octanol–water partition coefficient (Wildman–Crippen LogP) is 5.98. The van der Waals surface area contributed by atoms with Crippen molar-refractivity contribution in [3.8, 4) is 17.2 Å². The quantitative estimate of drug-likeness (QED) is 0.194. The third-order valence-corrected chi connectivity index (χ3v) is 9.50. The lowest BCUT2D eigenvalue weighted by Gasteiger charge is -2.26. The third kappa shape index (κ3) is 5.61. The van der Waals surface area contributed by atoms with Gasteiger partial charge in [-0.25, -0.2) is 9.79 Å². The Morgan fingerprint density at radius 1 is 0.915 bits per heavy atom. The van der Waals surface area contributed by atoms with Crippen molar-refractivity contribution in [2.45, 2.75) is 40.7 Å². The second-order valence-electron chi connectivity index (χ2n) is 11.4. The number of carbonyl (C=O) groups is 1. The Hall–Kier alpha value is -5.15. The average Bonchev–Trinajstić information content (AvgIpc) is 3.53. The molecule has 0 saturated heterocycles. The number of hydrogen-bond acceptors (Lipinski definition) is 7. The first-order chi connectivity index (χ1) is 22.7. The number of rotatable bonds is 8. The molecule has 47 heavy (non-hydrogen) atoms. The summed E-state index contributed by atoms with van der Waals surface area (Å²) in [5.41, 5.74) is 8.42. The van der Waals surface area contributed by atoms with Crippen molar-refractivity contribution >= 4 is 29.1 Å². The zero-order valence-electron chi connectivity index (χ0n) is 27.6. The average molecular weight is 648 g/mol. The summed E-state index contributed by atoms with van der Waals surface area (Å²) in [6.07, 6.45) is 1.93. The van der Waals surface area contributed by atoms with Crippen LogP contribution in [0.4, 0.5) is 0 Å². The van der Waals surface area contributed by atoms with E-state index in [0.29, 0.717) is 32.1 Å². The second kappa shape index (κ2) is 12.9. The van der Waals surface area contributed by atoms with Gasteiger partial charge in [-0.3, -0.25) is 9.36 Å². The van der Waals surface area contributed by atoms with Crippen LogP contribution in [0.25, 0.3) is 17.5 Å². The van der Waals surface area contributed by atoms with Crippen LogP contribution in [0.2, 0.25) is 0 Å². The standard InChI is InChI=1S/C38H37N3O5S/c1-8-46-37(43)32-33(26-15-10-9-11-16-26)39-38-41(35(32)27-17-18-29(44-6)30(20-27)45-7)36(42)31(47-38)21-28-19-24(4)40(25(28)5)34-22(2)13-12-14-23(34)3/h9-21,35H,8H2,1-7H3. The summed E-state index contributed by atoms with van der Waals surface area (Å²) in [6.45, 7) is 10.3. The van der Waals surface area contributed by atoms with Gasteiger partial charge in [0.15, 0.2) is 16.3 Å². The molecule has 6 rings (SSSR count). The molecule has 1 aliphatic rings. The Kier molecular flexibility index (Phi) is 8.75. The molecule has 0 spiro atoms. The first kappa shape index (κ1) is 31.8. The molecule has 0 aliphatic carbocycles. The van der Waals surface area contributed by atoms with Gasteiger partial charge >= 0.3 is 5.97 Å². The van der Waals surface area contributed by atoms with Crippen LogP contribution in [0.1, 0.15) is 52.2 Å². The highest BCUT2D eigenvalue weighted by molar-refractivity contribution is 7.07.